The SMILES string of the molecule is CCOc1ccc(S(=O)(=O)N2CC[C@H](N)C2)cc1OCC. The summed E-state index contributed by atoms with van der Waals surface area (Å²) in [6, 6.07) is 4.62. The topological polar surface area (TPSA) is 81.9 Å². The first-order chi connectivity index (χ1) is 9.98. The lowest BCUT2D eigenvalue weighted by molar-refractivity contribution is 0.287. The van der Waals surface area contributed by atoms with Gasteiger partial charge in [-0.2, -0.15) is 4.31 Å². The van der Waals surface area contributed by atoms with Gasteiger partial charge in [-0.15, -0.1) is 0 Å². The average Bonchev–Trinajstić information content (AvgIpc) is 2.88. The minimum Gasteiger partial charge on any atom is -0.490 e. The Morgan fingerprint density at radius 2 is 1.90 bits per heavy atom. The monoisotopic (exact) mass is 314 g/mol. The molecule has 21 heavy (non-hydrogen) atoms. The quantitative estimate of drug-likeness (QED) is 0.853. The molecule has 7 heteroatoms. The Balaban J connectivity index is 2.32. The molecule has 0 bridgehead atoms. The highest BCUT2D eigenvalue weighted by Crippen LogP contribution is 2.32. The summed E-state index contributed by atoms with van der Waals surface area (Å²) in [6.45, 7) is 5.47. The van der Waals surface area contributed by atoms with Gasteiger partial charge in [-0.05, 0) is 32.4 Å². The molecule has 1 heterocycles. The van der Waals surface area contributed by atoms with Crippen molar-refractivity contribution in [2.75, 3.05) is 26.3 Å². The Bertz CT molecular complexity index is 589. The second-order valence-electron chi connectivity index (χ2n) is 4.89. The third-order valence-electron chi connectivity index (χ3n) is 3.34. The van der Waals surface area contributed by atoms with Gasteiger partial charge in [0, 0.05) is 25.2 Å². The smallest absolute Gasteiger partial charge is 0.243 e. The molecule has 0 spiro atoms. The molecular weight excluding hydrogens is 292 g/mol. The van der Waals surface area contributed by atoms with Crippen LogP contribution in [0.3, 0.4) is 0 Å². The molecule has 1 aromatic rings. The van der Waals surface area contributed by atoms with Gasteiger partial charge >= 0.3 is 0 Å². The van der Waals surface area contributed by atoms with Crippen molar-refractivity contribution >= 4 is 10.0 Å². The van der Waals surface area contributed by atoms with Crippen molar-refractivity contribution in [3.8, 4) is 11.5 Å². The van der Waals surface area contributed by atoms with Crippen LogP contribution >= 0.6 is 0 Å². The summed E-state index contributed by atoms with van der Waals surface area (Å²) in [6.07, 6.45) is 0.689. The summed E-state index contributed by atoms with van der Waals surface area (Å²) in [5.41, 5.74) is 5.79. The Kier molecular flexibility index (Phi) is 5.08. The summed E-state index contributed by atoms with van der Waals surface area (Å²) in [5.74, 6) is 1.00. The van der Waals surface area contributed by atoms with Gasteiger partial charge in [-0.3, -0.25) is 0 Å². The Hall–Kier alpha value is -1.31. The lowest BCUT2D eigenvalue weighted by Gasteiger charge is -2.18. The van der Waals surface area contributed by atoms with Crippen molar-refractivity contribution in [2.24, 2.45) is 5.73 Å². The van der Waals surface area contributed by atoms with Crippen LogP contribution < -0.4 is 15.2 Å². The average molecular weight is 314 g/mol. The van der Waals surface area contributed by atoms with E-state index in [1.54, 1.807) is 12.1 Å². The van der Waals surface area contributed by atoms with E-state index in [0.29, 0.717) is 44.2 Å². The van der Waals surface area contributed by atoms with Gasteiger partial charge in [-0.25, -0.2) is 8.42 Å². The van der Waals surface area contributed by atoms with E-state index in [4.69, 9.17) is 15.2 Å². The predicted molar refractivity (Wildman–Crippen MR) is 80.1 cm³/mol. The molecule has 0 radical (unpaired) electrons. The van der Waals surface area contributed by atoms with Crippen LogP contribution in [0.2, 0.25) is 0 Å². The van der Waals surface area contributed by atoms with E-state index in [1.807, 2.05) is 13.8 Å². The van der Waals surface area contributed by atoms with Gasteiger partial charge < -0.3 is 15.2 Å². The van der Waals surface area contributed by atoms with Crippen LogP contribution in [0.5, 0.6) is 11.5 Å². The van der Waals surface area contributed by atoms with Crippen LogP contribution in [-0.4, -0.2) is 45.1 Å². The van der Waals surface area contributed by atoms with Crippen molar-refractivity contribution in [1.29, 1.82) is 0 Å². The second kappa shape index (κ2) is 6.64. The maximum Gasteiger partial charge on any atom is 0.243 e. The highest BCUT2D eigenvalue weighted by molar-refractivity contribution is 7.89. The minimum absolute atomic E-state index is 0.0890. The third-order valence-corrected chi connectivity index (χ3v) is 5.20. The predicted octanol–water partition coefficient (Wildman–Crippen LogP) is 1.21. The molecule has 0 amide bonds. The first-order valence-electron chi connectivity index (χ1n) is 7.14. The molecule has 118 valence electrons. The van der Waals surface area contributed by atoms with Crippen molar-refractivity contribution in [3.63, 3.8) is 0 Å². The zero-order chi connectivity index (χ0) is 15.5. The number of sulfonamides is 1. The van der Waals surface area contributed by atoms with E-state index in [9.17, 15) is 8.42 Å². The van der Waals surface area contributed by atoms with Gasteiger partial charge in [0.25, 0.3) is 0 Å². The van der Waals surface area contributed by atoms with Crippen molar-refractivity contribution in [2.45, 2.75) is 31.2 Å². The number of rotatable bonds is 6. The molecule has 0 aromatic heterocycles. The zero-order valence-electron chi connectivity index (χ0n) is 12.4. The molecule has 1 saturated heterocycles. The first kappa shape index (κ1) is 16.1. The van der Waals surface area contributed by atoms with Crippen molar-refractivity contribution < 1.29 is 17.9 Å². The Morgan fingerprint density at radius 1 is 1.24 bits per heavy atom. The molecule has 1 aliphatic heterocycles. The van der Waals surface area contributed by atoms with Crippen molar-refractivity contribution in [3.05, 3.63) is 18.2 Å². The van der Waals surface area contributed by atoms with Crippen LogP contribution in [0.1, 0.15) is 20.3 Å². The minimum atomic E-state index is -3.53. The summed E-state index contributed by atoms with van der Waals surface area (Å²) in [5, 5.41) is 0. The molecular formula is C14H22N2O4S. The summed E-state index contributed by atoms with van der Waals surface area (Å²) < 4.78 is 37.5. The van der Waals surface area contributed by atoms with E-state index >= 15 is 0 Å². The van der Waals surface area contributed by atoms with E-state index in [0.717, 1.165) is 0 Å². The third kappa shape index (κ3) is 3.48. The zero-order valence-corrected chi connectivity index (χ0v) is 13.2. The van der Waals surface area contributed by atoms with Crippen LogP contribution in [0.4, 0.5) is 0 Å². The largest absolute Gasteiger partial charge is 0.490 e. The second-order valence-corrected chi connectivity index (χ2v) is 6.82. The molecule has 6 nitrogen and oxygen atoms in total. The fraction of sp³-hybridized carbons (Fsp3) is 0.571. The normalized spacial score (nSPS) is 19.7. The summed E-state index contributed by atoms with van der Waals surface area (Å²) in [7, 11) is -3.53. The summed E-state index contributed by atoms with van der Waals surface area (Å²) >= 11 is 0. The standard InChI is InChI=1S/C14H22N2O4S/c1-3-19-13-6-5-12(9-14(13)20-4-2)21(17,18)16-8-7-11(15)10-16/h5-6,9,11H,3-4,7-8,10,15H2,1-2H3/t11-/m0/s1. The number of benzene rings is 1. The molecule has 2 rings (SSSR count). The van der Waals surface area contributed by atoms with E-state index in [-0.39, 0.29) is 10.9 Å². The molecule has 0 saturated carbocycles. The Morgan fingerprint density at radius 3 is 2.48 bits per heavy atom. The lowest BCUT2D eigenvalue weighted by atomic mass is 10.3. The van der Waals surface area contributed by atoms with Crippen LogP contribution in [0.15, 0.2) is 23.1 Å². The molecule has 1 aliphatic rings. The highest BCUT2D eigenvalue weighted by atomic mass is 32.2. The Labute approximate surface area is 125 Å². The number of hydrogen-bond donors (Lipinski definition) is 1. The molecule has 0 unspecified atom stereocenters. The van der Waals surface area contributed by atoms with Crippen molar-refractivity contribution in [1.82, 2.24) is 4.31 Å². The molecule has 1 aromatic carbocycles. The molecule has 1 fully saturated rings. The van der Waals surface area contributed by atoms with E-state index in [2.05, 4.69) is 0 Å². The van der Waals surface area contributed by atoms with Crippen LogP contribution in [-0.2, 0) is 10.0 Å². The maximum atomic E-state index is 12.6. The van der Waals surface area contributed by atoms with E-state index < -0.39 is 10.0 Å². The molecule has 2 N–H and O–H groups in total. The van der Waals surface area contributed by atoms with Crippen LogP contribution in [0.25, 0.3) is 0 Å². The number of nitrogens with zero attached hydrogens (tertiary/aromatic N) is 1. The number of hydrogen-bond acceptors (Lipinski definition) is 5. The van der Waals surface area contributed by atoms with Gasteiger partial charge in [0.15, 0.2) is 11.5 Å². The molecule has 1 atom stereocenters. The van der Waals surface area contributed by atoms with Gasteiger partial charge in [0.1, 0.15) is 0 Å². The van der Waals surface area contributed by atoms with Gasteiger partial charge in [0.05, 0.1) is 18.1 Å². The fourth-order valence-corrected chi connectivity index (χ4v) is 3.84. The number of ether oxygens (including phenoxy) is 2. The highest BCUT2D eigenvalue weighted by Gasteiger charge is 2.31. The molecule has 0 aliphatic carbocycles. The lowest BCUT2D eigenvalue weighted by Crippen LogP contribution is -2.32. The first-order valence-corrected chi connectivity index (χ1v) is 8.58. The van der Waals surface area contributed by atoms with Gasteiger partial charge in [-0.1, -0.05) is 0 Å². The summed E-state index contributed by atoms with van der Waals surface area (Å²) in [4.78, 5) is 0.212. The maximum absolute atomic E-state index is 12.6. The van der Waals surface area contributed by atoms with Gasteiger partial charge in [0.2, 0.25) is 10.0 Å². The van der Waals surface area contributed by atoms with E-state index in [1.165, 1.54) is 10.4 Å². The van der Waals surface area contributed by atoms with Crippen LogP contribution in [0, 0.1) is 0 Å². The fourth-order valence-electron chi connectivity index (χ4n) is 2.31. The number of nitrogens with two attached hydrogens (primary N) is 1.